The van der Waals surface area contributed by atoms with E-state index in [-0.39, 0.29) is 12.3 Å². The van der Waals surface area contributed by atoms with Crippen molar-refractivity contribution in [3.05, 3.63) is 36.0 Å². The van der Waals surface area contributed by atoms with Gasteiger partial charge in [0, 0.05) is 30.1 Å². The second kappa shape index (κ2) is 5.88. The molecule has 1 fully saturated rings. The Morgan fingerprint density at radius 3 is 2.64 bits per heavy atom. The Morgan fingerprint density at radius 1 is 1.14 bits per heavy atom. The minimum atomic E-state index is -0.937. The molecule has 2 heterocycles. The molecular formula is C15H16N4O3. The molecule has 7 heteroatoms. The number of hydrogen-bond acceptors (Lipinski definition) is 3. The number of carbonyl (C=O) groups excluding carboxylic acids is 3. The summed E-state index contributed by atoms with van der Waals surface area (Å²) in [5.74, 6) is -2.17. The van der Waals surface area contributed by atoms with E-state index in [2.05, 4.69) is 21.2 Å². The maximum absolute atomic E-state index is 11.8. The predicted octanol–water partition coefficient (Wildman–Crippen LogP) is -0.00610. The molecule has 0 radical (unpaired) electrons. The van der Waals surface area contributed by atoms with Gasteiger partial charge in [0.2, 0.25) is 5.91 Å². The Morgan fingerprint density at radius 2 is 1.86 bits per heavy atom. The first-order valence-corrected chi connectivity index (χ1v) is 7.06. The first-order chi connectivity index (χ1) is 10.6. The smallest absolute Gasteiger partial charge is 0.251 e. The van der Waals surface area contributed by atoms with Gasteiger partial charge in [-0.3, -0.25) is 25.2 Å². The van der Waals surface area contributed by atoms with Crippen molar-refractivity contribution in [1.82, 2.24) is 21.2 Å². The van der Waals surface area contributed by atoms with Gasteiger partial charge in [0.25, 0.3) is 11.8 Å². The third kappa shape index (κ3) is 2.78. The number of nitrogens with one attached hydrogen (secondary N) is 4. The number of H-pyrrole nitrogens is 1. The van der Waals surface area contributed by atoms with Gasteiger partial charge >= 0.3 is 0 Å². The molecule has 1 saturated heterocycles. The lowest BCUT2D eigenvalue weighted by Gasteiger charge is -2.06. The first kappa shape index (κ1) is 14.1. The van der Waals surface area contributed by atoms with Gasteiger partial charge < -0.3 is 10.3 Å². The summed E-state index contributed by atoms with van der Waals surface area (Å²) in [6.45, 7) is 0.455. The fraction of sp³-hybridized carbons (Fsp3) is 0.267. The Labute approximate surface area is 126 Å². The quantitative estimate of drug-likeness (QED) is 0.584. The molecule has 1 aromatic heterocycles. The first-order valence-electron chi connectivity index (χ1n) is 7.06. The summed E-state index contributed by atoms with van der Waals surface area (Å²) in [6, 6.07) is 7.95. The summed E-state index contributed by atoms with van der Waals surface area (Å²) < 4.78 is 0. The van der Waals surface area contributed by atoms with Crippen LogP contribution in [0.1, 0.15) is 12.0 Å². The van der Waals surface area contributed by atoms with Crippen LogP contribution in [0.15, 0.2) is 30.5 Å². The van der Waals surface area contributed by atoms with Crippen LogP contribution in [0.2, 0.25) is 0 Å². The molecule has 114 valence electrons. The van der Waals surface area contributed by atoms with Crippen molar-refractivity contribution in [3.63, 3.8) is 0 Å². The molecule has 0 bridgehead atoms. The van der Waals surface area contributed by atoms with E-state index in [4.69, 9.17) is 0 Å². The second-order valence-corrected chi connectivity index (χ2v) is 5.19. The SMILES string of the molecule is O=C(CC1C(=O)NNC1=O)NCCc1c[nH]c2ccccc12. The van der Waals surface area contributed by atoms with Crippen LogP contribution in [0, 0.1) is 5.92 Å². The second-order valence-electron chi connectivity index (χ2n) is 5.19. The van der Waals surface area contributed by atoms with Crippen molar-refractivity contribution < 1.29 is 14.4 Å². The average molecular weight is 300 g/mol. The van der Waals surface area contributed by atoms with Gasteiger partial charge in [-0.1, -0.05) is 18.2 Å². The number of para-hydroxylation sites is 1. The van der Waals surface area contributed by atoms with Crippen LogP contribution < -0.4 is 16.2 Å². The van der Waals surface area contributed by atoms with E-state index < -0.39 is 17.7 Å². The molecule has 2 aromatic rings. The summed E-state index contributed by atoms with van der Waals surface area (Å²) in [5.41, 5.74) is 6.58. The highest BCUT2D eigenvalue weighted by atomic mass is 16.2. The van der Waals surface area contributed by atoms with Gasteiger partial charge in [-0.25, -0.2) is 0 Å². The van der Waals surface area contributed by atoms with Crippen LogP contribution in [0.25, 0.3) is 10.9 Å². The number of hydrogen-bond donors (Lipinski definition) is 4. The molecule has 0 atom stereocenters. The van der Waals surface area contributed by atoms with E-state index in [1.807, 2.05) is 30.5 Å². The normalized spacial score (nSPS) is 14.9. The number of aromatic nitrogens is 1. The van der Waals surface area contributed by atoms with Gasteiger partial charge in [-0.05, 0) is 18.1 Å². The number of amides is 3. The topological polar surface area (TPSA) is 103 Å². The zero-order chi connectivity index (χ0) is 15.5. The van der Waals surface area contributed by atoms with E-state index in [1.54, 1.807) is 0 Å². The van der Waals surface area contributed by atoms with Crippen molar-refractivity contribution in [3.8, 4) is 0 Å². The van der Waals surface area contributed by atoms with E-state index in [0.29, 0.717) is 13.0 Å². The van der Waals surface area contributed by atoms with Gasteiger partial charge in [0.05, 0.1) is 0 Å². The van der Waals surface area contributed by atoms with Crippen molar-refractivity contribution in [2.24, 2.45) is 5.92 Å². The summed E-state index contributed by atoms with van der Waals surface area (Å²) in [6.07, 6.45) is 2.47. The number of fused-ring (bicyclic) bond motifs is 1. The number of hydrazine groups is 1. The van der Waals surface area contributed by atoms with Crippen molar-refractivity contribution in [2.45, 2.75) is 12.8 Å². The fourth-order valence-electron chi connectivity index (χ4n) is 2.53. The lowest BCUT2D eigenvalue weighted by molar-refractivity contribution is -0.133. The number of benzene rings is 1. The Hall–Kier alpha value is -2.83. The lowest BCUT2D eigenvalue weighted by atomic mass is 10.1. The maximum Gasteiger partial charge on any atom is 0.251 e. The molecule has 3 amide bonds. The van der Waals surface area contributed by atoms with Crippen molar-refractivity contribution >= 4 is 28.6 Å². The standard InChI is InChI=1S/C15H16N4O3/c20-13(7-11-14(21)18-19-15(11)22)16-6-5-9-8-17-12-4-2-1-3-10(9)12/h1-4,8,11,17H,5-7H2,(H,16,20)(H,18,21)(H,19,22). The number of rotatable bonds is 5. The van der Waals surface area contributed by atoms with Crippen molar-refractivity contribution in [2.75, 3.05) is 6.54 Å². The fourth-order valence-corrected chi connectivity index (χ4v) is 2.53. The molecule has 0 spiro atoms. The van der Waals surface area contributed by atoms with Crippen LogP contribution in [0.3, 0.4) is 0 Å². The zero-order valence-electron chi connectivity index (χ0n) is 11.8. The highest BCUT2D eigenvalue weighted by Crippen LogP contribution is 2.17. The van der Waals surface area contributed by atoms with E-state index in [0.717, 1.165) is 16.5 Å². The van der Waals surface area contributed by atoms with Crippen LogP contribution >= 0.6 is 0 Å². The molecule has 0 unspecified atom stereocenters. The van der Waals surface area contributed by atoms with E-state index >= 15 is 0 Å². The Balaban J connectivity index is 1.51. The Bertz CT molecular complexity index is 721. The van der Waals surface area contributed by atoms with Gasteiger partial charge in [-0.15, -0.1) is 0 Å². The minimum Gasteiger partial charge on any atom is -0.361 e. The van der Waals surface area contributed by atoms with Crippen LogP contribution in [0.5, 0.6) is 0 Å². The summed E-state index contributed by atoms with van der Waals surface area (Å²) in [7, 11) is 0. The molecular weight excluding hydrogens is 284 g/mol. The molecule has 1 aliphatic rings. The Kier molecular flexibility index (Phi) is 3.78. The molecule has 3 rings (SSSR count). The highest BCUT2D eigenvalue weighted by Gasteiger charge is 2.34. The van der Waals surface area contributed by atoms with Crippen LogP contribution in [-0.2, 0) is 20.8 Å². The minimum absolute atomic E-state index is 0.133. The monoisotopic (exact) mass is 300 g/mol. The predicted molar refractivity (Wildman–Crippen MR) is 79.4 cm³/mol. The largest absolute Gasteiger partial charge is 0.361 e. The zero-order valence-corrected chi connectivity index (χ0v) is 11.8. The summed E-state index contributed by atoms with van der Waals surface area (Å²) in [4.78, 5) is 37.7. The number of aromatic amines is 1. The van der Waals surface area contributed by atoms with E-state index in [9.17, 15) is 14.4 Å². The molecule has 0 aliphatic carbocycles. The maximum atomic E-state index is 11.8. The number of carbonyl (C=O) groups is 3. The lowest BCUT2D eigenvalue weighted by Crippen LogP contribution is -2.31. The molecule has 7 nitrogen and oxygen atoms in total. The molecule has 1 aromatic carbocycles. The highest BCUT2D eigenvalue weighted by molar-refractivity contribution is 6.07. The van der Waals surface area contributed by atoms with Crippen LogP contribution in [0.4, 0.5) is 0 Å². The van der Waals surface area contributed by atoms with E-state index in [1.165, 1.54) is 0 Å². The average Bonchev–Trinajstić information content (AvgIpc) is 3.06. The van der Waals surface area contributed by atoms with Gasteiger partial charge in [-0.2, -0.15) is 0 Å². The third-order valence-electron chi connectivity index (χ3n) is 3.72. The summed E-state index contributed by atoms with van der Waals surface area (Å²) in [5, 5.41) is 3.87. The van der Waals surface area contributed by atoms with Gasteiger partial charge in [0.15, 0.2) is 0 Å². The van der Waals surface area contributed by atoms with Gasteiger partial charge in [0.1, 0.15) is 5.92 Å². The van der Waals surface area contributed by atoms with Crippen LogP contribution in [-0.4, -0.2) is 29.3 Å². The molecule has 4 N–H and O–H groups in total. The third-order valence-corrected chi connectivity index (χ3v) is 3.72. The summed E-state index contributed by atoms with van der Waals surface area (Å²) >= 11 is 0. The van der Waals surface area contributed by atoms with Crippen molar-refractivity contribution in [1.29, 1.82) is 0 Å². The molecule has 1 aliphatic heterocycles. The molecule has 22 heavy (non-hydrogen) atoms. The molecule has 0 saturated carbocycles.